The largest absolute Gasteiger partial charge is 0.480 e. The van der Waals surface area contributed by atoms with E-state index in [2.05, 4.69) is 10.6 Å². The number of amides is 1. The molecule has 3 N–H and O–H groups in total. The number of morpholine rings is 1. The fraction of sp³-hybridized carbons (Fsp3) is 0.818. The minimum absolute atomic E-state index is 0.280. The highest BCUT2D eigenvalue weighted by Gasteiger charge is 2.34. The molecule has 6 heteroatoms. The van der Waals surface area contributed by atoms with Crippen molar-refractivity contribution in [2.24, 2.45) is 5.41 Å². The fourth-order valence-corrected chi connectivity index (χ4v) is 1.63. The topological polar surface area (TPSA) is 87.7 Å². The van der Waals surface area contributed by atoms with Gasteiger partial charge in [-0.1, -0.05) is 20.8 Å². The number of carboxylic acid groups (broad SMARTS) is 1. The van der Waals surface area contributed by atoms with E-state index in [1.807, 2.05) is 0 Å². The van der Waals surface area contributed by atoms with Crippen molar-refractivity contribution in [3.8, 4) is 0 Å². The first-order chi connectivity index (χ1) is 7.82. The van der Waals surface area contributed by atoms with Gasteiger partial charge in [0.05, 0.1) is 13.2 Å². The number of ether oxygens (including phenoxy) is 1. The zero-order chi connectivity index (χ0) is 13.1. The van der Waals surface area contributed by atoms with Crippen molar-refractivity contribution < 1.29 is 19.4 Å². The summed E-state index contributed by atoms with van der Waals surface area (Å²) in [5, 5.41) is 14.6. The lowest BCUT2D eigenvalue weighted by molar-refractivity contribution is -0.145. The van der Waals surface area contributed by atoms with Crippen molar-refractivity contribution in [3.05, 3.63) is 0 Å². The molecule has 0 aromatic rings. The monoisotopic (exact) mass is 244 g/mol. The van der Waals surface area contributed by atoms with Gasteiger partial charge in [0.2, 0.25) is 5.91 Å². The normalized spacial score (nSPS) is 22.9. The lowest BCUT2D eigenvalue weighted by atomic mass is 9.86. The summed E-state index contributed by atoms with van der Waals surface area (Å²) in [6.07, 6.45) is 0. The van der Waals surface area contributed by atoms with Crippen LogP contribution in [0, 0.1) is 5.41 Å². The molecule has 1 aliphatic heterocycles. The summed E-state index contributed by atoms with van der Waals surface area (Å²) in [5.74, 6) is -1.35. The molecule has 0 bridgehead atoms. The second-order valence-electron chi connectivity index (χ2n) is 5.23. The molecule has 6 nitrogen and oxygen atoms in total. The van der Waals surface area contributed by atoms with E-state index in [1.54, 1.807) is 20.8 Å². The Labute approximate surface area is 101 Å². The van der Waals surface area contributed by atoms with E-state index < -0.39 is 23.5 Å². The van der Waals surface area contributed by atoms with E-state index in [4.69, 9.17) is 9.84 Å². The van der Waals surface area contributed by atoms with Crippen LogP contribution in [0.25, 0.3) is 0 Å². The van der Waals surface area contributed by atoms with Gasteiger partial charge < -0.3 is 20.5 Å². The van der Waals surface area contributed by atoms with Crippen molar-refractivity contribution in [3.63, 3.8) is 0 Å². The molecule has 0 aromatic heterocycles. The maximum absolute atomic E-state index is 11.8. The molecular weight excluding hydrogens is 224 g/mol. The van der Waals surface area contributed by atoms with E-state index in [1.165, 1.54) is 0 Å². The van der Waals surface area contributed by atoms with Crippen LogP contribution in [0.5, 0.6) is 0 Å². The Morgan fingerprint density at radius 2 is 2.12 bits per heavy atom. The summed E-state index contributed by atoms with van der Waals surface area (Å²) < 4.78 is 5.16. The number of nitrogens with one attached hydrogen (secondary N) is 2. The van der Waals surface area contributed by atoms with E-state index >= 15 is 0 Å². The van der Waals surface area contributed by atoms with Crippen molar-refractivity contribution in [1.82, 2.24) is 10.6 Å². The molecule has 1 fully saturated rings. The molecule has 1 heterocycles. The highest BCUT2D eigenvalue weighted by atomic mass is 16.5. The molecule has 0 radical (unpaired) electrons. The Morgan fingerprint density at radius 3 is 2.53 bits per heavy atom. The summed E-state index contributed by atoms with van der Waals surface area (Å²) >= 11 is 0. The second-order valence-corrected chi connectivity index (χ2v) is 5.23. The fourth-order valence-electron chi connectivity index (χ4n) is 1.63. The van der Waals surface area contributed by atoms with Crippen LogP contribution in [0.3, 0.4) is 0 Å². The van der Waals surface area contributed by atoms with Crippen LogP contribution in [0.1, 0.15) is 20.8 Å². The molecule has 0 aliphatic carbocycles. The molecular formula is C11H20N2O4. The number of aliphatic carboxylic acids is 1. The van der Waals surface area contributed by atoms with Crippen LogP contribution < -0.4 is 10.6 Å². The Hall–Kier alpha value is -1.14. The molecule has 0 saturated carbocycles. The van der Waals surface area contributed by atoms with Gasteiger partial charge in [-0.05, 0) is 5.41 Å². The minimum atomic E-state index is -1.03. The average molecular weight is 244 g/mol. The number of carbonyl (C=O) groups is 2. The molecule has 2 unspecified atom stereocenters. The van der Waals surface area contributed by atoms with Gasteiger partial charge in [-0.25, -0.2) is 4.79 Å². The molecule has 17 heavy (non-hydrogen) atoms. The molecule has 1 saturated heterocycles. The molecule has 98 valence electrons. The van der Waals surface area contributed by atoms with Crippen molar-refractivity contribution in [2.45, 2.75) is 32.9 Å². The first-order valence-corrected chi connectivity index (χ1v) is 5.66. The van der Waals surface area contributed by atoms with Crippen molar-refractivity contribution in [2.75, 3.05) is 19.8 Å². The van der Waals surface area contributed by atoms with Gasteiger partial charge in [0.1, 0.15) is 12.1 Å². The standard InChI is InChI=1S/C11H20N2O4/c1-11(2,3)8(10(15)16)13-9(14)7-6-17-5-4-12-7/h7-8,12H,4-6H2,1-3H3,(H,13,14)(H,15,16). The highest BCUT2D eigenvalue weighted by Crippen LogP contribution is 2.19. The Morgan fingerprint density at radius 1 is 1.47 bits per heavy atom. The lowest BCUT2D eigenvalue weighted by Gasteiger charge is -2.30. The van der Waals surface area contributed by atoms with Crippen molar-refractivity contribution >= 4 is 11.9 Å². The van der Waals surface area contributed by atoms with E-state index in [-0.39, 0.29) is 12.5 Å². The predicted octanol–water partition coefficient (Wildman–Crippen LogP) is -0.410. The molecule has 2 atom stereocenters. The van der Waals surface area contributed by atoms with Gasteiger partial charge in [-0.2, -0.15) is 0 Å². The van der Waals surface area contributed by atoms with Gasteiger partial charge in [0.25, 0.3) is 0 Å². The van der Waals surface area contributed by atoms with E-state index in [0.29, 0.717) is 13.2 Å². The first kappa shape index (κ1) is 13.9. The SMILES string of the molecule is CC(C)(C)C(NC(=O)C1COCCN1)C(=O)O. The third-order valence-corrected chi connectivity index (χ3v) is 2.64. The molecule has 0 aromatic carbocycles. The Balaban J connectivity index is 2.60. The first-order valence-electron chi connectivity index (χ1n) is 5.66. The number of rotatable bonds is 3. The number of carbonyl (C=O) groups excluding carboxylic acids is 1. The van der Waals surface area contributed by atoms with E-state index in [9.17, 15) is 9.59 Å². The van der Waals surface area contributed by atoms with Gasteiger partial charge in [0.15, 0.2) is 0 Å². The van der Waals surface area contributed by atoms with Crippen LogP contribution in [0.15, 0.2) is 0 Å². The molecule has 1 rings (SSSR count). The van der Waals surface area contributed by atoms with E-state index in [0.717, 1.165) is 0 Å². The van der Waals surface area contributed by atoms with Crippen molar-refractivity contribution in [1.29, 1.82) is 0 Å². The average Bonchev–Trinajstić information content (AvgIpc) is 2.24. The van der Waals surface area contributed by atoms with Crippen LogP contribution in [0.4, 0.5) is 0 Å². The Kier molecular flexibility index (Phi) is 4.47. The molecule has 1 aliphatic rings. The summed E-state index contributed by atoms with van der Waals surface area (Å²) in [6, 6.07) is -1.37. The quantitative estimate of drug-likeness (QED) is 0.628. The smallest absolute Gasteiger partial charge is 0.326 e. The molecule has 0 spiro atoms. The maximum atomic E-state index is 11.8. The summed E-state index contributed by atoms with van der Waals surface area (Å²) in [6.45, 7) is 6.78. The third-order valence-electron chi connectivity index (χ3n) is 2.64. The van der Waals surface area contributed by atoms with Crippen LogP contribution in [0.2, 0.25) is 0 Å². The zero-order valence-electron chi connectivity index (χ0n) is 10.4. The second kappa shape index (κ2) is 5.46. The lowest BCUT2D eigenvalue weighted by Crippen LogP contribution is -2.57. The number of hydrogen-bond donors (Lipinski definition) is 3. The number of hydrogen-bond acceptors (Lipinski definition) is 4. The van der Waals surface area contributed by atoms with Gasteiger partial charge in [-0.15, -0.1) is 0 Å². The van der Waals surface area contributed by atoms with Gasteiger partial charge >= 0.3 is 5.97 Å². The van der Waals surface area contributed by atoms with Gasteiger partial charge in [-0.3, -0.25) is 4.79 Å². The maximum Gasteiger partial charge on any atom is 0.326 e. The summed E-state index contributed by atoms with van der Waals surface area (Å²) in [7, 11) is 0. The third kappa shape index (κ3) is 3.98. The van der Waals surface area contributed by atoms with Crippen LogP contribution in [-0.4, -0.2) is 48.8 Å². The highest BCUT2D eigenvalue weighted by molar-refractivity contribution is 5.87. The zero-order valence-corrected chi connectivity index (χ0v) is 10.4. The number of carboxylic acids is 1. The van der Waals surface area contributed by atoms with Crippen LogP contribution in [-0.2, 0) is 14.3 Å². The minimum Gasteiger partial charge on any atom is -0.480 e. The van der Waals surface area contributed by atoms with Crippen LogP contribution >= 0.6 is 0 Å². The molecule has 1 amide bonds. The predicted molar refractivity (Wildman–Crippen MR) is 61.6 cm³/mol. The summed E-state index contributed by atoms with van der Waals surface area (Å²) in [4.78, 5) is 22.9. The Bertz CT molecular complexity index is 292. The van der Waals surface area contributed by atoms with Gasteiger partial charge in [0, 0.05) is 6.54 Å². The summed E-state index contributed by atoms with van der Waals surface area (Å²) in [5.41, 5.74) is -0.531.